The lowest BCUT2D eigenvalue weighted by Crippen LogP contribution is -2.25. The first kappa shape index (κ1) is 11.7. The molecule has 3 heteroatoms. The van der Waals surface area contributed by atoms with Crippen molar-refractivity contribution in [3.63, 3.8) is 0 Å². The van der Waals surface area contributed by atoms with Crippen LogP contribution < -0.4 is 10.6 Å². The van der Waals surface area contributed by atoms with E-state index in [2.05, 4.69) is 11.0 Å². The van der Waals surface area contributed by atoms with Gasteiger partial charge in [0.2, 0.25) is 0 Å². The zero-order valence-electron chi connectivity index (χ0n) is 9.58. The molecule has 0 aliphatic carbocycles. The lowest BCUT2D eigenvalue weighted by Gasteiger charge is -2.26. The maximum atomic E-state index is 6.30. The molecule has 1 saturated heterocycles. The van der Waals surface area contributed by atoms with Gasteiger partial charge in [-0.1, -0.05) is 36.6 Å². The normalized spacial score (nSPS) is 17.2. The first-order valence-corrected chi connectivity index (χ1v) is 6.43. The van der Waals surface area contributed by atoms with E-state index >= 15 is 0 Å². The van der Waals surface area contributed by atoms with Crippen LogP contribution in [0.3, 0.4) is 0 Å². The second-order valence-electron chi connectivity index (χ2n) is 4.35. The van der Waals surface area contributed by atoms with Crippen molar-refractivity contribution in [1.82, 2.24) is 0 Å². The van der Waals surface area contributed by atoms with Crippen molar-refractivity contribution in [1.29, 1.82) is 0 Å². The summed E-state index contributed by atoms with van der Waals surface area (Å²) in [5.74, 6) is 0. The number of benzene rings is 1. The Hall–Kier alpha value is -0.730. The summed E-state index contributed by atoms with van der Waals surface area (Å²) in [4.78, 5) is 2.40. The molecule has 0 amide bonds. The fraction of sp³-hybridized carbons (Fsp3) is 0.538. The lowest BCUT2D eigenvalue weighted by atomic mass is 10.1. The highest BCUT2D eigenvalue weighted by atomic mass is 35.5. The van der Waals surface area contributed by atoms with Gasteiger partial charge in [-0.05, 0) is 24.5 Å². The van der Waals surface area contributed by atoms with E-state index in [4.69, 9.17) is 17.3 Å². The monoisotopic (exact) mass is 238 g/mol. The smallest absolute Gasteiger partial charge is 0.0642 e. The van der Waals surface area contributed by atoms with Gasteiger partial charge in [0.25, 0.3) is 0 Å². The minimum Gasteiger partial charge on any atom is -0.370 e. The Kier molecular flexibility index (Phi) is 4.08. The first-order chi connectivity index (χ1) is 7.83. The Bertz CT molecular complexity index is 344. The van der Waals surface area contributed by atoms with E-state index in [1.807, 2.05) is 12.1 Å². The quantitative estimate of drug-likeness (QED) is 0.858. The van der Waals surface area contributed by atoms with Crippen LogP contribution in [0.2, 0.25) is 5.02 Å². The number of nitrogens with zero attached hydrogens (tertiary/aromatic N) is 1. The van der Waals surface area contributed by atoms with E-state index in [0.29, 0.717) is 6.54 Å². The third-order valence-corrected chi connectivity index (χ3v) is 3.52. The van der Waals surface area contributed by atoms with Gasteiger partial charge >= 0.3 is 0 Å². The van der Waals surface area contributed by atoms with Gasteiger partial charge in [-0.2, -0.15) is 0 Å². The summed E-state index contributed by atoms with van der Waals surface area (Å²) < 4.78 is 0. The second-order valence-corrected chi connectivity index (χ2v) is 4.76. The molecule has 0 unspecified atom stereocenters. The molecule has 0 atom stereocenters. The van der Waals surface area contributed by atoms with Crippen LogP contribution in [0.1, 0.15) is 31.2 Å². The van der Waals surface area contributed by atoms with Crippen LogP contribution in [0, 0.1) is 0 Å². The van der Waals surface area contributed by atoms with Crippen LogP contribution in [0.4, 0.5) is 5.69 Å². The zero-order valence-corrected chi connectivity index (χ0v) is 10.3. The summed E-state index contributed by atoms with van der Waals surface area (Å²) >= 11 is 6.30. The van der Waals surface area contributed by atoms with E-state index in [-0.39, 0.29) is 0 Å². The fourth-order valence-electron chi connectivity index (χ4n) is 2.37. The Balaban J connectivity index is 2.29. The molecule has 0 aromatic heterocycles. The molecular weight excluding hydrogens is 220 g/mol. The molecular formula is C13H19ClN2. The van der Waals surface area contributed by atoms with Crippen molar-refractivity contribution in [2.45, 2.75) is 32.2 Å². The summed E-state index contributed by atoms with van der Waals surface area (Å²) in [6.45, 7) is 2.78. The molecule has 88 valence electrons. The number of para-hydroxylation sites is 1. The van der Waals surface area contributed by atoms with Gasteiger partial charge in [0.1, 0.15) is 0 Å². The summed E-state index contributed by atoms with van der Waals surface area (Å²) in [6.07, 6.45) is 5.18. The Labute approximate surface area is 102 Å². The minimum absolute atomic E-state index is 0.562. The molecule has 0 spiro atoms. The highest BCUT2D eigenvalue weighted by Gasteiger charge is 2.15. The van der Waals surface area contributed by atoms with Gasteiger partial charge in [-0.15, -0.1) is 0 Å². The highest BCUT2D eigenvalue weighted by molar-refractivity contribution is 6.33. The van der Waals surface area contributed by atoms with Gasteiger partial charge in [0.05, 0.1) is 10.7 Å². The summed E-state index contributed by atoms with van der Waals surface area (Å²) in [5.41, 5.74) is 8.10. The van der Waals surface area contributed by atoms with Crippen LogP contribution >= 0.6 is 11.6 Å². The van der Waals surface area contributed by atoms with Crippen LogP contribution in [-0.4, -0.2) is 13.1 Å². The van der Waals surface area contributed by atoms with Crippen LogP contribution in [0.15, 0.2) is 18.2 Å². The fourth-order valence-corrected chi connectivity index (χ4v) is 2.69. The van der Waals surface area contributed by atoms with Crippen molar-refractivity contribution < 1.29 is 0 Å². The largest absolute Gasteiger partial charge is 0.370 e. The number of nitrogens with two attached hydrogens (primary N) is 1. The van der Waals surface area contributed by atoms with Crippen molar-refractivity contribution in [3.05, 3.63) is 28.8 Å². The molecule has 2 rings (SSSR count). The Morgan fingerprint density at radius 2 is 1.81 bits per heavy atom. The Morgan fingerprint density at radius 1 is 1.12 bits per heavy atom. The molecule has 2 N–H and O–H groups in total. The predicted octanol–water partition coefficient (Wildman–Crippen LogP) is 3.18. The zero-order chi connectivity index (χ0) is 11.4. The molecule has 1 heterocycles. The van der Waals surface area contributed by atoms with Crippen LogP contribution in [-0.2, 0) is 6.54 Å². The number of hydrogen-bond acceptors (Lipinski definition) is 2. The number of rotatable bonds is 2. The maximum absolute atomic E-state index is 6.30. The van der Waals surface area contributed by atoms with Gasteiger partial charge < -0.3 is 10.6 Å². The first-order valence-electron chi connectivity index (χ1n) is 6.05. The summed E-state index contributed by atoms with van der Waals surface area (Å²) in [7, 11) is 0. The third-order valence-electron chi connectivity index (χ3n) is 3.21. The molecule has 0 bridgehead atoms. The number of hydrogen-bond donors (Lipinski definition) is 1. The highest BCUT2D eigenvalue weighted by Crippen LogP contribution is 2.31. The van der Waals surface area contributed by atoms with Gasteiger partial charge in [-0.3, -0.25) is 0 Å². The second kappa shape index (κ2) is 5.55. The SMILES string of the molecule is NCc1cccc(Cl)c1N1CCCCCC1. The number of halogens is 1. The molecule has 1 aromatic carbocycles. The van der Waals surface area contributed by atoms with E-state index in [1.54, 1.807) is 0 Å². The van der Waals surface area contributed by atoms with Crippen molar-refractivity contribution in [3.8, 4) is 0 Å². The van der Waals surface area contributed by atoms with Crippen LogP contribution in [0.25, 0.3) is 0 Å². The minimum atomic E-state index is 0.562. The topological polar surface area (TPSA) is 29.3 Å². The molecule has 1 fully saturated rings. The molecule has 1 aromatic rings. The van der Waals surface area contributed by atoms with E-state index in [9.17, 15) is 0 Å². The molecule has 2 nitrogen and oxygen atoms in total. The third kappa shape index (κ3) is 2.50. The van der Waals surface area contributed by atoms with Crippen molar-refractivity contribution in [2.24, 2.45) is 5.73 Å². The van der Waals surface area contributed by atoms with Gasteiger partial charge in [0, 0.05) is 19.6 Å². The molecule has 1 aliphatic heterocycles. The molecule has 0 radical (unpaired) electrons. The Morgan fingerprint density at radius 3 is 2.44 bits per heavy atom. The summed E-state index contributed by atoms with van der Waals surface area (Å²) in [5, 5.41) is 0.838. The van der Waals surface area contributed by atoms with E-state index < -0.39 is 0 Å². The molecule has 1 aliphatic rings. The van der Waals surface area contributed by atoms with E-state index in [0.717, 1.165) is 29.4 Å². The molecule has 0 saturated carbocycles. The van der Waals surface area contributed by atoms with Gasteiger partial charge in [-0.25, -0.2) is 0 Å². The summed E-state index contributed by atoms with van der Waals surface area (Å²) in [6, 6.07) is 6.01. The predicted molar refractivity (Wildman–Crippen MR) is 70.0 cm³/mol. The van der Waals surface area contributed by atoms with Gasteiger partial charge in [0.15, 0.2) is 0 Å². The van der Waals surface area contributed by atoms with Crippen LogP contribution in [0.5, 0.6) is 0 Å². The number of anilines is 1. The average molecular weight is 239 g/mol. The van der Waals surface area contributed by atoms with E-state index in [1.165, 1.54) is 25.7 Å². The average Bonchev–Trinajstić information content (AvgIpc) is 2.57. The van der Waals surface area contributed by atoms with Crippen molar-refractivity contribution >= 4 is 17.3 Å². The van der Waals surface area contributed by atoms with Crippen molar-refractivity contribution in [2.75, 3.05) is 18.0 Å². The maximum Gasteiger partial charge on any atom is 0.0642 e. The standard InChI is InChI=1S/C13H19ClN2/c14-12-7-5-6-11(10-15)13(12)16-8-3-1-2-4-9-16/h5-7H,1-4,8-10,15H2. The lowest BCUT2D eigenvalue weighted by molar-refractivity contribution is 0.726. The molecule has 16 heavy (non-hydrogen) atoms.